The second kappa shape index (κ2) is 18.0. The number of aliphatic imine (C=N–C) groups is 1. The minimum Gasteiger partial charge on any atom is -0.465 e. The van der Waals surface area contributed by atoms with Crippen LogP contribution in [-0.4, -0.2) is 42.1 Å². The molecule has 1 unspecified atom stereocenters. The predicted molar refractivity (Wildman–Crippen MR) is 130 cm³/mol. The van der Waals surface area contributed by atoms with Crippen molar-refractivity contribution < 1.29 is 14.4 Å². The van der Waals surface area contributed by atoms with Crippen LogP contribution in [0.15, 0.2) is 48.7 Å². The van der Waals surface area contributed by atoms with Gasteiger partial charge in [-0.25, -0.2) is 0 Å². The Kier molecular flexibility index (Phi) is 16.4. The van der Waals surface area contributed by atoms with Crippen molar-refractivity contribution in [1.29, 1.82) is 5.26 Å². The number of rotatable bonds is 9. The van der Waals surface area contributed by atoms with Gasteiger partial charge >= 0.3 is 5.97 Å². The van der Waals surface area contributed by atoms with E-state index in [0.717, 1.165) is 30.8 Å². The smallest absolute Gasteiger partial charge is 0.320 e. The van der Waals surface area contributed by atoms with Gasteiger partial charge < -0.3 is 10.1 Å². The van der Waals surface area contributed by atoms with Crippen molar-refractivity contribution in [3.63, 3.8) is 0 Å². The Morgan fingerprint density at radius 2 is 2.19 bits per heavy atom. The van der Waals surface area contributed by atoms with Gasteiger partial charge in [0.15, 0.2) is 0 Å². The van der Waals surface area contributed by atoms with Gasteiger partial charge in [0.2, 0.25) is 0 Å². The van der Waals surface area contributed by atoms with Gasteiger partial charge in [0, 0.05) is 19.0 Å². The Morgan fingerprint density at radius 1 is 1.45 bits per heavy atom. The molecule has 0 spiro atoms. The number of thioether (sulfide) groups is 1. The van der Waals surface area contributed by atoms with Crippen LogP contribution < -0.4 is 5.32 Å². The number of hydrogen-bond acceptors (Lipinski definition) is 8. The van der Waals surface area contributed by atoms with Crippen molar-refractivity contribution in [2.75, 3.05) is 24.7 Å². The van der Waals surface area contributed by atoms with E-state index in [1.54, 1.807) is 42.2 Å². The topological polar surface area (TPSA) is 87.0 Å². The lowest BCUT2D eigenvalue weighted by atomic mass is 10.0. The normalized spacial score (nSPS) is 11.7. The SMILES string of the molecule is C=CN(CC)OC(C)SC.C=CNc1cccc2c1N=CCC2.CCOC(=O)CC#N. The maximum absolute atomic E-state index is 10.2. The van der Waals surface area contributed by atoms with Crippen LogP contribution in [0, 0.1) is 11.3 Å². The molecule has 1 heterocycles. The number of para-hydroxylation sites is 1. The summed E-state index contributed by atoms with van der Waals surface area (Å²) in [5.74, 6) is -0.449. The fourth-order valence-electron chi connectivity index (χ4n) is 2.30. The maximum atomic E-state index is 10.2. The van der Waals surface area contributed by atoms with E-state index in [1.165, 1.54) is 5.56 Å². The summed E-state index contributed by atoms with van der Waals surface area (Å²) in [5.41, 5.74) is 3.63. The van der Waals surface area contributed by atoms with Gasteiger partial charge in [-0.1, -0.05) is 25.3 Å². The number of carbonyl (C=O) groups excluding carboxylic acids is 1. The van der Waals surface area contributed by atoms with Crippen LogP contribution in [0.3, 0.4) is 0 Å². The van der Waals surface area contributed by atoms with E-state index in [-0.39, 0.29) is 11.9 Å². The molecule has 1 atom stereocenters. The molecular weight excluding hydrogens is 412 g/mol. The number of nitrogens with one attached hydrogen (secondary N) is 1. The van der Waals surface area contributed by atoms with Gasteiger partial charge in [0.1, 0.15) is 11.9 Å². The van der Waals surface area contributed by atoms with Gasteiger partial charge in [0.05, 0.1) is 24.1 Å². The number of anilines is 1. The van der Waals surface area contributed by atoms with Gasteiger partial charge in [-0.05, 0) is 57.7 Å². The highest BCUT2D eigenvalue weighted by Crippen LogP contribution is 2.32. The quantitative estimate of drug-likeness (QED) is 0.307. The Bertz CT molecular complexity index is 747. The molecule has 1 aromatic rings. The molecule has 0 amide bonds. The lowest BCUT2D eigenvalue weighted by Gasteiger charge is -2.20. The largest absolute Gasteiger partial charge is 0.465 e. The number of nitrogens with zero attached hydrogens (tertiary/aromatic N) is 3. The van der Waals surface area contributed by atoms with Crippen molar-refractivity contribution in [3.8, 4) is 6.07 Å². The summed E-state index contributed by atoms with van der Waals surface area (Å²) >= 11 is 1.67. The fraction of sp³-hybridized carbons (Fsp3) is 0.435. The molecule has 8 heteroatoms. The minimum absolute atomic E-state index is 0.145. The van der Waals surface area contributed by atoms with E-state index in [2.05, 4.69) is 34.3 Å². The molecule has 2 rings (SSSR count). The third-order valence-electron chi connectivity index (χ3n) is 3.80. The molecule has 1 aliphatic rings. The second-order valence-electron chi connectivity index (χ2n) is 5.98. The number of fused-ring (bicyclic) bond motifs is 1. The molecule has 0 saturated carbocycles. The van der Waals surface area contributed by atoms with Crippen molar-refractivity contribution in [3.05, 3.63) is 49.3 Å². The average molecular weight is 447 g/mol. The van der Waals surface area contributed by atoms with E-state index in [0.29, 0.717) is 6.61 Å². The molecular formula is C23H34N4O3S. The summed E-state index contributed by atoms with van der Waals surface area (Å²) < 4.78 is 4.42. The van der Waals surface area contributed by atoms with Crippen LogP contribution in [-0.2, 0) is 20.8 Å². The summed E-state index contributed by atoms with van der Waals surface area (Å²) in [6.45, 7) is 14.2. The molecule has 0 saturated heterocycles. The van der Waals surface area contributed by atoms with Crippen molar-refractivity contribution in [1.82, 2.24) is 5.06 Å². The first-order chi connectivity index (χ1) is 15.0. The highest BCUT2D eigenvalue weighted by Gasteiger charge is 2.08. The van der Waals surface area contributed by atoms with E-state index < -0.39 is 5.97 Å². The maximum Gasteiger partial charge on any atom is 0.320 e. The van der Waals surface area contributed by atoms with Gasteiger partial charge in [-0.15, -0.1) is 11.8 Å². The van der Waals surface area contributed by atoms with Crippen molar-refractivity contribution >= 4 is 35.3 Å². The predicted octanol–water partition coefficient (Wildman–Crippen LogP) is 5.45. The number of ether oxygens (including phenoxy) is 1. The standard InChI is InChI=1S/C11H12N2.C7H15NOS.C5H7NO2/c1-2-12-10-7-3-5-9-6-4-8-13-11(9)10;1-5-8(6-2)9-7(3)10-4;1-2-8-5(7)3-4-6/h2-3,5,7-8,12H,1,4,6H2;5,7H,1,6H2,2-4H3;2-3H2,1H3. The van der Waals surface area contributed by atoms with Gasteiger partial charge in [-0.3, -0.25) is 19.7 Å². The zero-order valence-corrected chi connectivity index (χ0v) is 19.8. The third-order valence-corrected chi connectivity index (χ3v) is 4.55. The van der Waals surface area contributed by atoms with E-state index in [4.69, 9.17) is 10.1 Å². The van der Waals surface area contributed by atoms with E-state index >= 15 is 0 Å². The molecule has 0 fully saturated rings. The number of benzene rings is 1. The van der Waals surface area contributed by atoms with Crippen LogP contribution in [0.25, 0.3) is 0 Å². The van der Waals surface area contributed by atoms with Gasteiger partial charge in [-0.2, -0.15) is 5.26 Å². The molecule has 1 aliphatic heterocycles. The molecule has 1 aromatic carbocycles. The lowest BCUT2D eigenvalue weighted by molar-refractivity contribution is -0.141. The summed E-state index contributed by atoms with van der Waals surface area (Å²) in [6.07, 6.45) is 9.34. The third kappa shape index (κ3) is 12.5. The monoisotopic (exact) mass is 446 g/mol. The molecule has 1 N–H and O–H groups in total. The number of hydrogen-bond donors (Lipinski definition) is 1. The molecule has 0 bridgehead atoms. The van der Waals surface area contributed by atoms with Crippen LogP contribution in [0.1, 0.15) is 39.2 Å². The Balaban J connectivity index is 0.000000453. The fourth-order valence-corrected chi connectivity index (χ4v) is 2.50. The minimum atomic E-state index is -0.449. The molecule has 31 heavy (non-hydrogen) atoms. The number of carbonyl (C=O) groups is 1. The number of esters is 1. The zero-order chi connectivity index (χ0) is 23.5. The number of aryl methyl sites for hydroxylation is 1. The van der Waals surface area contributed by atoms with Crippen molar-refractivity contribution in [2.24, 2.45) is 4.99 Å². The molecule has 0 radical (unpaired) electrons. The Hall–Kier alpha value is -2.76. The average Bonchev–Trinajstić information content (AvgIpc) is 2.79. The van der Waals surface area contributed by atoms with Crippen molar-refractivity contribution in [2.45, 2.75) is 45.5 Å². The number of nitriles is 1. The summed E-state index contributed by atoms with van der Waals surface area (Å²) in [7, 11) is 0. The molecule has 7 nitrogen and oxygen atoms in total. The lowest BCUT2D eigenvalue weighted by Crippen LogP contribution is -2.21. The zero-order valence-electron chi connectivity index (χ0n) is 19.0. The van der Waals surface area contributed by atoms with E-state index in [9.17, 15) is 4.79 Å². The molecule has 0 aromatic heterocycles. The summed E-state index contributed by atoms with van der Waals surface area (Å²) in [5, 5.41) is 12.7. The first-order valence-electron chi connectivity index (χ1n) is 10.1. The van der Waals surface area contributed by atoms with Crippen LogP contribution in [0.4, 0.5) is 11.4 Å². The second-order valence-corrected chi connectivity index (χ2v) is 7.11. The highest BCUT2D eigenvalue weighted by molar-refractivity contribution is 7.99. The van der Waals surface area contributed by atoms with Crippen LogP contribution in [0.2, 0.25) is 0 Å². The molecule has 170 valence electrons. The van der Waals surface area contributed by atoms with Gasteiger partial charge in [0.25, 0.3) is 0 Å². The van der Waals surface area contributed by atoms with Crippen LogP contribution in [0.5, 0.6) is 0 Å². The highest BCUT2D eigenvalue weighted by atomic mass is 32.2. The molecule has 0 aliphatic carbocycles. The van der Waals surface area contributed by atoms with Crippen LogP contribution >= 0.6 is 11.8 Å². The first kappa shape index (κ1) is 28.2. The van der Waals surface area contributed by atoms with E-state index in [1.807, 2.05) is 38.5 Å². The first-order valence-corrected chi connectivity index (χ1v) is 11.4. The summed E-state index contributed by atoms with van der Waals surface area (Å²) in [6, 6.07) is 7.87. The summed E-state index contributed by atoms with van der Waals surface area (Å²) in [4.78, 5) is 20.0. The number of hydroxylamine groups is 2. The Morgan fingerprint density at radius 3 is 2.74 bits per heavy atom. The Labute approximate surface area is 190 Å².